The number of amides is 1. The van der Waals surface area contributed by atoms with Crippen LogP contribution in [-0.4, -0.2) is 60.1 Å². The lowest BCUT2D eigenvalue weighted by atomic mass is 10.0. The zero-order chi connectivity index (χ0) is 26.5. The van der Waals surface area contributed by atoms with Crippen molar-refractivity contribution >= 4 is 32.8 Å². The third-order valence-electron chi connectivity index (χ3n) is 7.35. The SMILES string of the molecule is CN(c1c(C#N)cnc2c1ccn2S(=O)(=O)c1ccccc1)C1CC2CN(C(=O)OC(C)(C)C)C[C@H]2C1. The summed E-state index contributed by atoms with van der Waals surface area (Å²) in [6.45, 7) is 6.92. The zero-order valence-corrected chi connectivity index (χ0v) is 22.3. The van der Waals surface area contributed by atoms with E-state index in [9.17, 15) is 18.5 Å². The number of carbonyl (C=O) groups is 1. The molecule has 0 N–H and O–H groups in total. The molecule has 2 fully saturated rings. The first-order valence-corrected chi connectivity index (χ1v) is 13.8. The summed E-state index contributed by atoms with van der Waals surface area (Å²) in [6.07, 6.45) is 4.43. The van der Waals surface area contributed by atoms with Crippen molar-refractivity contribution in [1.82, 2.24) is 13.9 Å². The second-order valence-corrected chi connectivity index (χ2v) is 12.8. The third-order valence-corrected chi connectivity index (χ3v) is 9.03. The molecule has 5 rings (SSSR count). The van der Waals surface area contributed by atoms with Gasteiger partial charge in [-0.05, 0) is 63.6 Å². The van der Waals surface area contributed by atoms with Crippen LogP contribution >= 0.6 is 0 Å². The molecule has 3 atom stereocenters. The van der Waals surface area contributed by atoms with Crippen LogP contribution in [0.2, 0.25) is 0 Å². The Balaban J connectivity index is 1.41. The van der Waals surface area contributed by atoms with Gasteiger partial charge in [-0.2, -0.15) is 5.26 Å². The molecule has 2 aliphatic rings. The number of fused-ring (bicyclic) bond motifs is 2. The lowest BCUT2D eigenvalue weighted by Crippen LogP contribution is -2.37. The Kier molecular flexibility index (Phi) is 6.15. The van der Waals surface area contributed by atoms with Gasteiger partial charge in [0, 0.05) is 44.0 Å². The maximum atomic E-state index is 13.3. The molecule has 1 amide bonds. The van der Waals surface area contributed by atoms with E-state index in [0.717, 1.165) is 12.8 Å². The lowest BCUT2D eigenvalue weighted by molar-refractivity contribution is 0.0279. The first-order chi connectivity index (χ1) is 17.5. The molecule has 1 aliphatic carbocycles. The van der Waals surface area contributed by atoms with Gasteiger partial charge in [-0.3, -0.25) is 0 Å². The molecular formula is C27H31N5O4S. The Bertz CT molecular complexity index is 1470. The number of rotatable bonds is 4. The minimum atomic E-state index is -3.84. The van der Waals surface area contributed by atoms with Gasteiger partial charge in [0.1, 0.15) is 11.7 Å². The highest BCUT2D eigenvalue weighted by atomic mass is 32.2. The molecule has 10 heteroatoms. The average Bonchev–Trinajstić information content (AvgIpc) is 3.56. The monoisotopic (exact) mass is 521 g/mol. The quantitative estimate of drug-likeness (QED) is 0.506. The number of benzene rings is 1. The molecule has 0 bridgehead atoms. The highest BCUT2D eigenvalue weighted by Gasteiger charge is 2.45. The molecule has 2 unspecified atom stereocenters. The fraction of sp³-hybridized carbons (Fsp3) is 0.444. The second kappa shape index (κ2) is 9.06. The van der Waals surface area contributed by atoms with Crippen molar-refractivity contribution in [1.29, 1.82) is 5.26 Å². The minimum absolute atomic E-state index is 0.155. The van der Waals surface area contributed by atoms with Gasteiger partial charge in [-0.15, -0.1) is 0 Å². The number of hydrogen-bond acceptors (Lipinski definition) is 7. The van der Waals surface area contributed by atoms with Gasteiger partial charge in [0.2, 0.25) is 0 Å². The largest absolute Gasteiger partial charge is 0.444 e. The minimum Gasteiger partial charge on any atom is -0.444 e. The van der Waals surface area contributed by atoms with Crippen molar-refractivity contribution in [3.05, 3.63) is 54.4 Å². The van der Waals surface area contributed by atoms with E-state index >= 15 is 0 Å². The van der Waals surface area contributed by atoms with Crippen LogP contribution in [0.1, 0.15) is 39.2 Å². The summed E-state index contributed by atoms with van der Waals surface area (Å²) >= 11 is 0. The molecule has 3 aromatic rings. The molecule has 1 aliphatic heterocycles. The van der Waals surface area contributed by atoms with Crippen molar-refractivity contribution in [2.24, 2.45) is 11.8 Å². The molecule has 9 nitrogen and oxygen atoms in total. The molecular weight excluding hydrogens is 490 g/mol. The molecule has 0 spiro atoms. The maximum Gasteiger partial charge on any atom is 0.410 e. The normalized spacial score (nSPS) is 21.6. The van der Waals surface area contributed by atoms with Crippen LogP contribution in [0.4, 0.5) is 10.5 Å². The van der Waals surface area contributed by atoms with Crippen LogP contribution in [0.3, 0.4) is 0 Å². The van der Waals surface area contributed by atoms with E-state index in [2.05, 4.69) is 16.0 Å². The molecule has 1 saturated heterocycles. The Morgan fingerprint density at radius 1 is 1.14 bits per heavy atom. The van der Waals surface area contributed by atoms with E-state index in [4.69, 9.17) is 4.74 Å². The van der Waals surface area contributed by atoms with Crippen LogP contribution in [-0.2, 0) is 14.8 Å². The predicted octanol–water partition coefficient (Wildman–Crippen LogP) is 4.23. The number of nitrogens with zero attached hydrogens (tertiary/aromatic N) is 5. The highest BCUT2D eigenvalue weighted by molar-refractivity contribution is 7.90. The van der Waals surface area contributed by atoms with E-state index in [1.165, 1.54) is 16.4 Å². The molecule has 194 valence electrons. The number of carbonyl (C=O) groups excluding carboxylic acids is 1. The van der Waals surface area contributed by atoms with Gasteiger partial charge >= 0.3 is 6.09 Å². The molecule has 1 aromatic carbocycles. The van der Waals surface area contributed by atoms with Crippen LogP contribution in [0.25, 0.3) is 11.0 Å². The number of anilines is 1. The van der Waals surface area contributed by atoms with Gasteiger partial charge in [-0.25, -0.2) is 22.2 Å². The Morgan fingerprint density at radius 3 is 2.38 bits per heavy atom. The van der Waals surface area contributed by atoms with E-state index in [-0.39, 0.29) is 17.0 Å². The van der Waals surface area contributed by atoms with E-state index in [1.807, 2.05) is 27.8 Å². The lowest BCUT2D eigenvalue weighted by Gasteiger charge is -2.30. The average molecular weight is 522 g/mol. The fourth-order valence-corrected chi connectivity index (χ4v) is 6.98. The summed E-state index contributed by atoms with van der Waals surface area (Å²) in [5.41, 5.74) is 0.849. The predicted molar refractivity (Wildman–Crippen MR) is 140 cm³/mol. The number of ether oxygens (including phenoxy) is 1. The summed E-state index contributed by atoms with van der Waals surface area (Å²) in [7, 11) is -1.89. The first kappa shape index (κ1) is 25.1. The Morgan fingerprint density at radius 2 is 1.78 bits per heavy atom. The number of pyridine rings is 1. The standard InChI is InChI=1S/C27H31N5O4S/c1-27(2,3)36-26(33)31-16-18-12-21(13-19(18)17-31)30(4)24-20(14-28)15-29-25-23(24)10-11-32(25)37(34,35)22-8-6-5-7-9-22/h5-11,15,18-19,21H,12-13,16-17H2,1-4H3/t18-,19?,21?/m1/s1. The van der Waals surface area contributed by atoms with Gasteiger partial charge in [0.05, 0.1) is 16.1 Å². The second-order valence-electron chi connectivity index (χ2n) is 10.9. The molecule has 0 radical (unpaired) electrons. The first-order valence-electron chi connectivity index (χ1n) is 12.4. The summed E-state index contributed by atoms with van der Waals surface area (Å²) in [5, 5.41) is 10.5. The van der Waals surface area contributed by atoms with Gasteiger partial charge in [0.25, 0.3) is 10.0 Å². The van der Waals surface area contributed by atoms with E-state index in [0.29, 0.717) is 47.2 Å². The molecule has 37 heavy (non-hydrogen) atoms. The van der Waals surface area contributed by atoms with Crippen molar-refractivity contribution in [2.75, 3.05) is 25.0 Å². The molecule has 2 aromatic heterocycles. The summed E-state index contributed by atoms with van der Waals surface area (Å²) in [5.74, 6) is 0.705. The van der Waals surface area contributed by atoms with Gasteiger partial charge in [-0.1, -0.05) is 18.2 Å². The van der Waals surface area contributed by atoms with E-state index in [1.54, 1.807) is 41.3 Å². The third kappa shape index (κ3) is 4.53. The number of likely N-dealkylation sites (tertiary alicyclic amines) is 1. The Hall–Kier alpha value is -3.58. The van der Waals surface area contributed by atoms with Crippen molar-refractivity contribution in [3.8, 4) is 6.07 Å². The molecule has 1 saturated carbocycles. The fourth-order valence-electron chi connectivity index (χ4n) is 5.65. The van der Waals surface area contributed by atoms with Gasteiger partial charge in [0.15, 0.2) is 5.65 Å². The van der Waals surface area contributed by atoms with Crippen molar-refractivity contribution < 1.29 is 17.9 Å². The van der Waals surface area contributed by atoms with E-state index < -0.39 is 15.6 Å². The number of nitriles is 1. The smallest absolute Gasteiger partial charge is 0.410 e. The van der Waals surface area contributed by atoms with Crippen LogP contribution in [0.5, 0.6) is 0 Å². The van der Waals surface area contributed by atoms with Crippen LogP contribution in [0, 0.1) is 23.2 Å². The van der Waals surface area contributed by atoms with Crippen LogP contribution in [0.15, 0.2) is 53.7 Å². The van der Waals surface area contributed by atoms with Crippen molar-refractivity contribution in [3.63, 3.8) is 0 Å². The summed E-state index contributed by atoms with van der Waals surface area (Å²) < 4.78 is 33.3. The highest BCUT2D eigenvalue weighted by Crippen LogP contribution is 2.43. The summed E-state index contributed by atoms with van der Waals surface area (Å²) in [4.78, 5) is 21.0. The Labute approximate surface area is 217 Å². The van der Waals surface area contributed by atoms with Crippen molar-refractivity contribution in [2.45, 2.75) is 50.2 Å². The van der Waals surface area contributed by atoms with Gasteiger partial charge < -0.3 is 14.5 Å². The molecule has 3 heterocycles. The number of hydrogen-bond donors (Lipinski definition) is 0. The van der Waals surface area contributed by atoms with Crippen LogP contribution < -0.4 is 4.90 Å². The maximum absolute atomic E-state index is 13.3. The zero-order valence-electron chi connectivity index (χ0n) is 21.5. The number of aromatic nitrogens is 2. The summed E-state index contributed by atoms with van der Waals surface area (Å²) in [6, 6.07) is 12.3. The topological polar surface area (TPSA) is 109 Å².